The van der Waals surface area contributed by atoms with E-state index in [0.717, 1.165) is 4.90 Å². The van der Waals surface area contributed by atoms with Crippen LogP contribution in [0.4, 0.5) is 4.39 Å². The molecule has 1 unspecified atom stereocenters. The predicted octanol–water partition coefficient (Wildman–Crippen LogP) is 2.32. The average Bonchev–Trinajstić information content (AvgIpc) is 2.84. The van der Waals surface area contributed by atoms with E-state index in [-0.39, 0.29) is 18.7 Å². The molecule has 0 aliphatic carbocycles. The SMILES string of the molecule is N#CCC(O)Cc1nc(CSc2cccc(F)c2)no1. The van der Waals surface area contributed by atoms with Gasteiger partial charge in [0.2, 0.25) is 5.89 Å². The van der Waals surface area contributed by atoms with Gasteiger partial charge < -0.3 is 9.63 Å². The second-order valence-electron chi connectivity index (χ2n) is 4.07. The predicted molar refractivity (Wildman–Crippen MR) is 70.2 cm³/mol. The number of aliphatic hydroxyl groups is 1. The first-order valence-electron chi connectivity index (χ1n) is 5.92. The number of rotatable bonds is 6. The summed E-state index contributed by atoms with van der Waals surface area (Å²) in [4.78, 5) is 4.89. The highest BCUT2D eigenvalue weighted by Crippen LogP contribution is 2.22. The molecule has 0 aliphatic heterocycles. The van der Waals surface area contributed by atoms with Gasteiger partial charge in [0.15, 0.2) is 5.82 Å². The molecule has 1 atom stereocenters. The topological polar surface area (TPSA) is 82.9 Å². The Bertz CT molecular complexity index is 612. The van der Waals surface area contributed by atoms with Gasteiger partial charge in [-0.3, -0.25) is 0 Å². The number of hydrogen-bond acceptors (Lipinski definition) is 6. The van der Waals surface area contributed by atoms with Crippen molar-refractivity contribution in [2.45, 2.75) is 29.6 Å². The Labute approximate surface area is 119 Å². The van der Waals surface area contributed by atoms with Crippen LogP contribution >= 0.6 is 11.8 Å². The summed E-state index contributed by atoms with van der Waals surface area (Å²) in [6.07, 6.45) is -0.620. The minimum atomic E-state index is -0.802. The Morgan fingerprint density at radius 2 is 2.35 bits per heavy atom. The van der Waals surface area contributed by atoms with Gasteiger partial charge in [-0.1, -0.05) is 11.2 Å². The number of aromatic nitrogens is 2. The van der Waals surface area contributed by atoms with E-state index in [1.807, 2.05) is 6.07 Å². The van der Waals surface area contributed by atoms with Crippen molar-refractivity contribution in [2.75, 3.05) is 0 Å². The third kappa shape index (κ3) is 4.33. The molecule has 0 aliphatic rings. The van der Waals surface area contributed by atoms with Crippen LogP contribution in [0, 0.1) is 17.1 Å². The van der Waals surface area contributed by atoms with Gasteiger partial charge in [0.25, 0.3) is 0 Å². The van der Waals surface area contributed by atoms with Gasteiger partial charge >= 0.3 is 0 Å². The maximum atomic E-state index is 13.0. The largest absolute Gasteiger partial charge is 0.392 e. The molecule has 2 rings (SSSR count). The average molecular weight is 293 g/mol. The van der Waals surface area contributed by atoms with Crippen molar-refractivity contribution in [1.29, 1.82) is 5.26 Å². The van der Waals surface area contributed by atoms with E-state index in [1.165, 1.54) is 23.9 Å². The number of nitriles is 1. The molecule has 104 valence electrons. The first kappa shape index (κ1) is 14.5. The van der Waals surface area contributed by atoms with Crippen LogP contribution in [0.1, 0.15) is 18.1 Å². The molecule has 0 fully saturated rings. The van der Waals surface area contributed by atoms with Crippen LogP contribution < -0.4 is 0 Å². The maximum absolute atomic E-state index is 13.0. The summed E-state index contributed by atoms with van der Waals surface area (Å²) in [6, 6.07) is 8.12. The Hall–Kier alpha value is -1.91. The highest BCUT2D eigenvalue weighted by Gasteiger charge is 2.12. The summed E-state index contributed by atoms with van der Waals surface area (Å²) in [5, 5.41) is 21.7. The van der Waals surface area contributed by atoms with Gasteiger partial charge in [-0.05, 0) is 18.2 Å². The zero-order chi connectivity index (χ0) is 14.4. The van der Waals surface area contributed by atoms with Gasteiger partial charge in [0.05, 0.1) is 30.8 Å². The molecule has 0 saturated heterocycles. The molecule has 0 bridgehead atoms. The monoisotopic (exact) mass is 293 g/mol. The first-order chi connectivity index (χ1) is 9.67. The van der Waals surface area contributed by atoms with Crippen molar-refractivity contribution < 1.29 is 14.0 Å². The molecular weight excluding hydrogens is 281 g/mol. The number of halogens is 1. The van der Waals surface area contributed by atoms with Crippen LogP contribution in [0.5, 0.6) is 0 Å². The zero-order valence-corrected chi connectivity index (χ0v) is 11.3. The van der Waals surface area contributed by atoms with Crippen LogP contribution in [-0.2, 0) is 12.2 Å². The molecule has 0 amide bonds. The molecule has 0 spiro atoms. The summed E-state index contributed by atoms with van der Waals surface area (Å²) < 4.78 is 18.0. The van der Waals surface area contributed by atoms with Crippen molar-refractivity contribution >= 4 is 11.8 Å². The van der Waals surface area contributed by atoms with E-state index in [0.29, 0.717) is 17.5 Å². The van der Waals surface area contributed by atoms with Crippen molar-refractivity contribution in [3.05, 3.63) is 41.8 Å². The summed E-state index contributed by atoms with van der Waals surface area (Å²) in [5.41, 5.74) is 0. The zero-order valence-electron chi connectivity index (χ0n) is 10.5. The van der Waals surface area contributed by atoms with Gasteiger partial charge in [-0.15, -0.1) is 11.8 Å². The highest BCUT2D eigenvalue weighted by molar-refractivity contribution is 7.98. The van der Waals surface area contributed by atoms with Crippen LogP contribution in [0.25, 0.3) is 0 Å². The van der Waals surface area contributed by atoms with Crippen LogP contribution in [0.3, 0.4) is 0 Å². The molecule has 7 heteroatoms. The fourth-order valence-electron chi connectivity index (χ4n) is 1.52. The number of benzene rings is 1. The molecule has 1 heterocycles. The molecular formula is C13H12FN3O2S. The summed E-state index contributed by atoms with van der Waals surface area (Å²) in [6.45, 7) is 0. The molecule has 1 N–H and O–H groups in total. The number of thioether (sulfide) groups is 1. The third-order valence-corrected chi connectivity index (χ3v) is 3.40. The van der Waals surface area contributed by atoms with Crippen molar-refractivity contribution in [3.63, 3.8) is 0 Å². The van der Waals surface area contributed by atoms with Crippen molar-refractivity contribution in [3.8, 4) is 6.07 Å². The van der Waals surface area contributed by atoms with E-state index < -0.39 is 6.10 Å². The smallest absolute Gasteiger partial charge is 0.229 e. The van der Waals surface area contributed by atoms with E-state index in [2.05, 4.69) is 10.1 Å². The van der Waals surface area contributed by atoms with Crippen LogP contribution in [0.2, 0.25) is 0 Å². The maximum Gasteiger partial charge on any atom is 0.229 e. The number of aliphatic hydroxyl groups excluding tert-OH is 1. The molecule has 1 aromatic heterocycles. The van der Waals surface area contributed by atoms with Crippen molar-refractivity contribution in [2.24, 2.45) is 0 Å². The second-order valence-corrected chi connectivity index (χ2v) is 5.12. The Morgan fingerprint density at radius 3 is 3.10 bits per heavy atom. The highest BCUT2D eigenvalue weighted by atomic mass is 32.2. The lowest BCUT2D eigenvalue weighted by Gasteiger charge is -2.00. The summed E-state index contributed by atoms with van der Waals surface area (Å²) in [5.74, 6) is 0.922. The fourth-order valence-corrected chi connectivity index (χ4v) is 2.30. The van der Waals surface area contributed by atoms with E-state index in [9.17, 15) is 9.50 Å². The lowest BCUT2D eigenvalue weighted by molar-refractivity contribution is 0.167. The second kappa shape index (κ2) is 7.03. The van der Waals surface area contributed by atoms with Crippen molar-refractivity contribution in [1.82, 2.24) is 10.1 Å². The minimum Gasteiger partial charge on any atom is -0.392 e. The van der Waals surface area contributed by atoms with Gasteiger partial charge in [0, 0.05) is 4.90 Å². The lowest BCUT2D eigenvalue weighted by atomic mass is 10.2. The summed E-state index contributed by atoms with van der Waals surface area (Å²) in [7, 11) is 0. The third-order valence-electron chi connectivity index (χ3n) is 2.41. The molecule has 1 aromatic carbocycles. The molecule has 20 heavy (non-hydrogen) atoms. The quantitative estimate of drug-likeness (QED) is 0.823. The van der Waals surface area contributed by atoms with Crippen LogP contribution in [0.15, 0.2) is 33.7 Å². The van der Waals surface area contributed by atoms with E-state index >= 15 is 0 Å². The first-order valence-corrected chi connectivity index (χ1v) is 6.91. The standard InChI is InChI=1S/C13H12FN3O2S/c14-9-2-1-3-11(6-9)20-8-12-16-13(19-17-12)7-10(18)4-5-15/h1-3,6,10,18H,4,7-8H2. The molecule has 2 aromatic rings. The Kier molecular flexibility index (Phi) is 5.09. The molecule has 0 saturated carbocycles. The van der Waals surface area contributed by atoms with Crippen LogP contribution in [-0.4, -0.2) is 21.4 Å². The molecule has 5 nitrogen and oxygen atoms in total. The number of hydrogen-bond donors (Lipinski definition) is 1. The van der Waals surface area contributed by atoms with Gasteiger partial charge in [0.1, 0.15) is 5.82 Å². The fraction of sp³-hybridized carbons (Fsp3) is 0.308. The molecule has 0 radical (unpaired) electrons. The van der Waals surface area contributed by atoms with E-state index in [1.54, 1.807) is 12.1 Å². The summed E-state index contributed by atoms with van der Waals surface area (Å²) >= 11 is 1.39. The Morgan fingerprint density at radius 1 is 1.50 bits per heavy atom. The Balaban J connectivity index is 1.88. The number of nitrogens with zero attached hydrogens (tertiary/aromatic N) is 3. The normalized spacial score (nSPS) is 12.1. The van der Waals surface area contributed by atoms with Gasteiger partial charge in [-0.25, -0.2) is 4.39 Å². The van der Waals surface area contributed by atoms with E-state index in [4.69, 9.17) is 9.78 Å². The minimum absolute atomic E-state index is 0.0236. The van der Waals surface area contributed by atoms with Gasteiger partial charge in [-0.2, -0.15) is 10.2 Å². The lowest BCUT2D eigenvalue weighted by Crippen LogP contribution is -2.09.